The summed E-state index contributed by atoms with van der Waals surface area (Å²) in [6.45, 7) is 12.6. The number of aromatic nitrogens is 1. The lowest BCUT2D eigenvalue weighted by Gasteiger charge is -2.24. The van der Waals surface area contributed by atoms with Crippen LogP contribution >= 0.6 is 22.9 Å². The summed E-state index contributed by atoms with van der Waals surface area (Å²) >= 11 is 7.52. The zero-order chi connectivity index (χ0) is 24.3. The highest BCUT2D eigenvalue weighted by molar-refractivity contribution is 7.09. The zero-order valence-electron chi connectivity index (χ0n) is 20.0. The van der Waals surface area contributed by atoms with Crippen molar-refractivity contribution in [1.82, 2.24) is 9.47 Å². The Bertz CT molecular complexity index is 1040. The van der Waals surface area contributed by atoms with Crippen molar-refractivity contribution in [1.29, 1.82) is 0 Å². The predicted molar refractivity (Wildman–Crippen MR) is 128 cm³/mol. The molecule has 1 aromatic carbocycles. The third-order valence-electron chi connectivity index (χ3n) is 4.43. The molecule has 0 N–H and O–H groups in total. The van der Waals surface area contributed by atoms with Crippen molar-refractivity contribution in [2.45, 2.75) is 59.1 Å². The number of likely N-dealkylation sites (N-methyl/N-ethyl adjacent to an activating group) is 1. The smallest absolute Gasteiger partial charge is 0.410 e. The quantitative estimate of drug-likeness (QED) is 0.594. The van der Waals surface area contributed by atoms with Gasteiger partial charge in [-0.3, -0.25) is 4.79 Å². The Kier molecular flexibility index (Phi) is 8.17. The van der Waals surface area contributed by atoms with E-state index < -0.39 is 17.6 Å². The minimum atomic E-state index is -0.566. The molecule has 0 saturated carbocycles. The zero-order valence-corrected chi connectivity index (χ0v) is 21.6. The summed E-state index contributed by atoms with van der Waals surface area (Å²) < 4.78 is 12.6. The number of carbonyl (C=O) groups excluding carboxylic acids is 2. The van der Waals surface area contributed by atoms with E-state index in [1.165, 1.54) is 23.3 Å². The van der Waals surface area contributed by atoms with E-state index in [9.17, 15) is 9.59 Å². The Balaban J connectivity index is 2.37. The van der Waals surface area contributed by atoms with Crippen LogP contribution in [0.4, 0.5) is 4.79 Å². The van der Waals surface area contributed by atoms with Gasteiger partial charge in [0, 0.05) is 36.2 Å². The molecular weight excluding hydrogens is 450 g/mol. The molecule has 7 nitrogen and oxygen atoms in total. The maximum atomic E-state index is 13.0. The largest absolute Gasteiger partial charge is 0.496 e. The van der Waals surface area contributed by atoms with Crippen LogP contribution in [0.3, 0.4) is 0 Å². The molecule has 0 spiro atoms. The second-order valence-electron chi connectivity index (χ2n) is 9.48. The minimum absolute atomic E-state index is 0.117. The second kappa shape index (κ2) is 10.1. The van der Waals surface area contributed by atoms with E-state index in [4.69, 9.17) is 21.1 Å². The van der Waals surface area contributed by atoms with Gasteiger partial charge < -0.3 is 18.9 Å². The van der Waals surface area contributed by atoms with Crippen molar-refractivity contribution < 1.29 is 19.1 Å². The molecule has 0 unspecified atom stereocenters. The predicted octanol–water partition coefficient (Wildman–Crippen LogP) is 5.12. The third-order valence-corrected chi connectivity index (χ3v) is 6.11. The molecule has 0 aliphatic heterocycles. The second-order valence-corrected chi connectivity index (χ2v) is 10.9. The van der Waals surface area contributed by atoms with Crippen molar-refractivity contribution in [3.63, 3.8) is 0 Å². The van der Waals surface area contributed by atoms with Crippen LogP contribution in [-0.4, -0.2) is 47.8 Å². The first-order valence-corrected chi connectivity index (χ1v) is 11.5. The summed E-state index contributed by atoms with van der Waals surface area (Å²) in [5.74, 6) is -0.0344. The van der Waals surface area contributed by atoms with Crippen LogP contribution < -0.4 is 9.54 Å². The van der Waals surface area contributed by atoms with Crippen LogP contribution in [0.5, 0.6) is 5.75 Å². The number of hydrogen-bond donors (Lipinski definition) is 0. The van der Waals surface area contributed by atoms with Gasteiger partial charge in [-0.2, -0.15) is 4.99 Å². The van der Waals surface area contributed by atoms with Crippen LogP contribution in [0.25, 0.3) is 0 Å². The lowest BCUT2D eigenvalue weighted by atomic mass is 9.95. The average Bonchev–Trinajstić information content (AvgIpc) is 3.07. The third kappa shape index (κ3) is 7.10. The fraction of sp³-hybridized carbons (Fsp3) is 0.522. The summed E-state index contributed by atoms with van der Waals surface area (Å²) in [5.41, 5.74) is -0.389. The molecule has 1 heterocycles. The van der Waals surface area contributed by atoms with Gasteiger partial charge in [0.1, 0.15) is 11.4 Å². The maximum absolute atomic E-state index is 13.0. The number of nitrogens with zero attached hydrogens (tertiary/aromatic N) is 3. The number of benzene rings is 1. The molecular formula is C23H32ClN3O4S. The van der Waals surface area contributed by atoms with Gasteiger partial charge in [-0.05, 0) is 44.4 Å². The van der Waals surface area contributed by atoms with Crippen LogP contribution in [0, 0.1) is 0 Å². The van der Waals surface area contributed by atoms with Crippen LogP contribution in [0.1, 0.15) is 56.8 Å². The van der Waals surface area contributed by atoms with E-state index in [-0.39, 0.29) is 5.41 Å². The molecule has 2 aromatic rings. The highest BCUT2D eigenvalue weighted by Gasteiger charge is 2.21. The molecule has 0 aliphatic carbocycles. The van der Waals surface area contributed by atoms with E-state index in [0.717, 1.165) is 4.88 Å². The summed E-state index contributed by atoms with van der Waals surface area (Å²) in [6, 6.07) is 4.85. The first-order chi connectivity index (χ1) is 14.7. The maximum Gasteiger partial charge on any atom is 0.410 e. The summed E-state index contributed by atoms with van der Waals surface area (Å²) in [4.78, 5) is 32.7. The van der Waals surface area contributed by atoms with Gasteiger partial charge in [0.15, 0.2) is 4.80 Å². The molecule has 0 atom stereocenters. The molecule has 0 radical (unpaired) electrons. The van der Waals surface area contributed by atoms with Gasteiger partial charge in [-0.25, -0.2) is 4.79 Å². The highest BCUT2D eigenvalue weighted by Crippen LogP contribution is 2.26. The van der Waals surface area contributed by atoms with E-state index >= 15 is 0 Å². The number of thiazole rings is 1. The topological polar surface area (TPSA) is 73.1 Å². The van der Waals surface area contributed by atoms with Crippen molar-refractivity contribution in [2.24, 2.45) is 4.99 Å². The Morgan fingerprint density at radius 3 is 2.41 bits per heavy atom. The fourth-order valence-corrected chi connectivity index (χ4v) is 3.90. The summed E-state index contributed by atoms with van der Waals surface area (Å²) in [7, 11) is 3.18. The lowest BCUT2D eigenvalue weighted by molar-refractivity contribution is 0.0293. The number of methoxy groups -OCH3 is 1. The first-order valence-electron chi connectivity index (χ1n) is 10.3. The van der Waals surface area contributed by atoms with E-state index in [2.05, 4.69) is 25.8 Å². The fourth-order valence-electron chi connectivity index (χ4n) is 2.66. The summed E-state index contributed by atoms with van der Waals surface area (Å²) in [5, 5.41) is 0.428. The Morgan fingerprint density at radius 2 is 1.84 bits per heavy atom. The molecule has 2 amide bonds. The molecule has 32 heavy (non-hydrogen) atoms. The first kappa shape index (κ1) is 25.9. The van der Waals surface area contributed by atoms with Crippen LogP contribution in [0.2, 0.25) is 5.02 Å². The van der Waals surface area contributed by atoms with Crippen molar-refractivity contribution in [3.8, 4) is 5.75 Å². The number of hydrogen-bond acceptors (Lipinski definition) is 5. The number of amides is 2. The van der Waals surface area contributed by atoms with Crippen LogP contribution in [-0.2, 0) is 16.7 Å². The highest BCUT2D eigenvalue weighted by atomic mass is 35.5. The van der Waals surface area contributed by atoms with Crippen molar-refractivity contribution in [3.05, 3.63) is 44.7 Å². The number of ether oxygens (including phenoxy) is 2. The molecule has 0 bridgehead atoms. The Hall–Kier alpha value is -2.32. The average molecular weight is 482 g/mol. The monoisotopic (exact) mass is 481 g/mol. The van der Waals surface area contributed by atoms with Gasteiger partial charge in [-0.1, -0.05) is 32.4 Å². The standard InChI is InChI=1S/C23H32ClN3O4S/c1-22(2,3)18-14-27(12-11-26(7)21(29)31-23(4,5)6)20(32-18)25-19(28)16-13-15(24)9-10-17(16)30-8/h9-10,13-14H,11-12H2,1-8H3/b25-20-. The van der Waals surface area contributed by atoms with Gasteiger partial charge in [0.2, 0.25) is 0 Å². The van der Waals surface area contributed by atoms with E-state index in [1.54, 1.807) is 25.2 Å². The van der Waals surface area contributed by atoms with Gasteiger partial charge >= 0.3 is 6.09 Å². The van der Waals surface area contributed by atoms with Gasteiger partial charge in [-0.15, -0.1) is 11.3 Å². The molecule has 0 saturated heterocycles. The molecule has 2 rings (SSSR count). The number of halogens is 1. The normalized spacial score (nSPS) is 12.6. The van der Waals surface area contributed by atoms with Gasteiger partial charge in [0.25, 0.3) is 5.91 Å². The SMILES string of the molecule is COc1ccc(Cl)cc1C(=O)/N=c1\sc(C(C)(C)C)cn1CCN(C)C(=O)OC(C)(C)C. The minimum Gasteiger partial charge on any atom is -0.496 e. The molecule has 0 aliphatic rings. The van der Waals surface area contributed by atoms with Gasteiger partial charge in [0.05, 0.1) is 12.7 Å². The number of carbonyl (C=O) groups is 2. The molecule has 0 fully saturated rings. The molecule has 1 aromatic heterocycles. The van der Waals surface area contributed by atoms with Crippen LogP contribution in [0.15, 0.2) is 29.4 Å². The Labute approximate surface area is 198 Å². The summed E-state index contributed by atoms with van der Waals surface area (Å²) in [6.07, 6.45) is 1.58. The Morgan fingerprint density at radius 1 is 1.19 bits per heavy atom. The lowest BCUT2D eigenvalue weighted by Crippen LogP contribution is -2.36. The van der Waals surface area contributed by atoms with E-state index in [0.29, 0.717) is 34.2 Å². The number of rotatable bonds is 5. The van der Waals surface area contributed by atoms with Crippen molar-refractivity contribution in [2.75, 3.05) is 20.7 Å². The molecule has 9 heteroatoms. The van der Waals surface area contributed by atoms with E-state index in [1.807, 2.05) is 31.5 Å². The molecule has 176 valence electrons. The van der Waals surface area contributed by atoms with Crippen molar-refractivity contribution >= 4 is 34.9 Å².